The van der Waals surface area contributed by atoms with Crippen LogP contribution in [0.2, 0.25) is 0 Å². The first-order valence-electron chi connectivity index (χ1n) is 12.4. The lowest BCUT2D eigenvalue weighted by molar-refractivity contribution is -0.115. The number of aldehydes is 1. The Hall–Kier alpha value is -2.63. The molecule has 2 aromatic heterocycles. The van der Waals surface area contributed by atoms with Crippen LogP contribution < -0.4 is 5.56 Å². The fourth-order valence-electron chi connectivity index (χ4n) is 6.02. The van der Waals surface area contributed by atoms with E-state index in [1.807, 2.05) is 0 Å². The number of nitrogens with zero attached hydrogens (tertiary/aromatic N) is 3. The molecule has 0 aliphatic carbocycles. The summed E-state index contributed by atoms with van der Waals surface area (Å²) in [6, 6.07) is 3.13. The molecule has 0 amide bonds. The maximum Gasteiger partial charge on any atom is 0.257 e. The smallest absolute Gasteiger partial charge is 0.257 e. The van der Waals surface area contributed by atoms with Crippen molar-refractivity contribution in [2.45, 2.75) is 56.1 Å². The number of pyridine rings is 2. The Balaban J connectivity index is 1.62. The van der Waals surface area contributed by atoms with Gasteiger partial charge in [0.15, 0.2) is 6.29 Å². The van der Waals surface area contributed by atoms with E-state index in [2.05, 4.69) is 4.90 Å². The Morgan fingerprint density at radius 2 is 2.08 bits per heavy atom. The van der Waals surface area contributed by atoms with E-state index >= 15 is 0 Å². The van der Waals surface area contributed by atoms with Gasteiger partial charge in [-0.05, 0) is 37.0 Å². The molecular weight excluding hydrogens is 497 g/mol. The Kier molecular flexibility index (Phi) is 6.20. The van der Waals surface area contributed by atoms with E-state index in [0.717, 1.165) is 40.3 Å². The first kappa shape index (κ1) is 24.7. The fourth-order valence-corrected chi connectivity index (χ4v) is 7.40. The molecule has 10 heteroatoms. The van der Waals surface area contributed by atoms with Gasteiger partial charge in [0.25, 0.3) is 5.56 Å². The Morgan fingerprint density at radius 1 is 1.32 bits per heavy atom. The summed E-state index contributed by atoms with van der Waals surface area (Å²) in [5, 5.41) is 21.4. The van der Waals surface area contributed by atoms with Gasteiger partial charge in [-0.25, -0.2) is 9.37 Å². The predicted molar refractivity (Wildman–Crippen MR) is 137 cm³/mol. The van der Waals surface area contributed by atoms with Crippen molar-refractivity contribution in [3.63, 3.8) is 0 Å². The van der Waals surface area contributed by atoms with E-state index in [4.69, 9.17) is 9.72 Å². The van der Waals surface area contributed by atoms with E-state index in [9.17, 15) is 24.2 Å². The van der Waals surface area contributed by atoms with Crippen molar-refractivity contribution in [1.82, 2.24) is 14.5 Å². The Morgan fingerprint density at radius 3 is 2.78 bits per heavy atom. The summed E-state index contributed by atoms with van der Waals surface area (Å²) in [7, 11) is 1.46. The summed E-state index contributed by atoms with van der Waals surface area (Å²) in [6.07, 6.45) is 0.00645. The highest BCUT2D eigenvalue weighted by Gasteiger charge is 2.38. The number of fused-ring (bicyclic) bond motifs is 4. The minimum atomic E-state index is -1.47. The van der Waals surface area contributed by atoms with Gasteiger partial charge in [0.05, 0.1) is 36.2 Å². The molecule has 1 saturated heterocycles. The number of benzene rings is 1. The minimum Gasteiger partial charge on any atom is -0.393 e. The minimum absolute atomic E-state index is 0.0256. The fraction of sp³-hybridized carbons (Fsp3) is 0.444. The molecule has 3 aliphatic rings. The van der Waals surface area contributed by atoms with Crippen molar-refractivity contribution in [2.24, 2.45) is 0 Å². The lowest BCUT2D eigenvalue weighted by Crippen LogP contribution is -2.40. The number of halogens is 1. The van der Waals surface area contributed by atoms with Gasteiger partial charge in [0.2, 0.25) is 0 Å². The van der Waals surface area contributed by atoms with Crippen molar-refractivity contribution < 1.29 is 24.1 Å². The Bertz CT molecular complexity index is 1500. The van der Waals surface area contributed by atoms with Crippen LogP contribution in [0.1, 0.15) is 52.8 Å². The number of rotatable bonds is 5. The van der Waals surface area contributed by atoms with Crippen LogP contribution in [-0.2, 0) is 22.7 Å². The lowest BCUT2D eigenvalue weighted by atomic mass is 9.91. The van der Waals surface area contributed by atoms with E-state index in [-0.39, 0.29) is 41.3 Å². The first-order valence-corrected chi connectivity index (χ1v) is 13.4. The number of methoxy groups -OCH3 is 1. The standard InChI is InChI=1S/C27H28FN3O5S/c1-13-18(28)8-19-24-23(21(12-37-26(13)24)30-5-3-14(33)4-6-30)16-9-31-20(25(16)29-19)7-15(22(34)10-32)17(11-36-2)27(31)35/h7-8,10,14,21-22,33-34H,3-6,9,11-12H2,1-2H3. The van der Waals surface area contributed by atoms with Crippen molar-refractivity contribution in [3.8, 4) is 11.4 Å². The Labute approximate surface area is 217 Å². The number of aromatic nitrogens is 2. The molecule has 3 aliphatic heterocycles. The van der Waals surface area contributed by atoms with Crippen molar-refractivity contribution in [2.75, 3.05) is 26.0 Å². The molecule has 1 fully saturated rings. The number of hydrogen-bond donors (Lipinski definition) is 2. The van der Waals surface area contributed by atoms with Gasteiger partial charge in [0, 0.05) is 65.0 Å². The summed E-state index contributed by atoms with van der Waals surface area (Å²) < 4.78 is 21.8. The van der Waals surface area contributed by atoms with Crippen LogP contribution in [0, 0.1) is 12.7 Å². The van der Waals surface area contributed by atoms with Gasteiger partial charge >= 0.3 is 0 Å². The molecule has 2 unspecified atom stereocenters. The number of hydrogen-bond acceptors (Lipinski definition) is 8. The summed E-state index contributed by atoms with van der Waals surface area (Å²) in [4.78, 5) is 33.2. The van der Waals surface area contributed by atoms with Crippen LogP contribution in [-0.4, -0.2) is 63.0 Å². The van der Waals surface area contributed by atoms with E-state index < -0.39 is 6.10 Å². The third-order valence-electron chi connectivity index (χ3n) is 7.95. The first-order chi connectivity index (χ1) is 17.8. The molecule has 3 aromatic rings. The van der Waals surface area contributed by atoms with Crippen LogP contribution in [0.15, 0.2) is 21.8 Å². The quantitative estimate of drug-likeness (QED) is 0.384. The molecule has 6 rings (SSSR count). The van der Waals surface area contributed by atoms with Crippen LogP contribution in [0.5, 0.6) is 0 Å². The average Bonchev–Trinajstić information content (AvgIpc) is 3.27. The number of aliphatic hydroxyl groups excluding tert-OH is 2. The number of aliphatic hydroxyl groups is 2. The lowest BCUT2D eigenvalue weighted by Gasteiger charge is -2.39. The second-order valence-electron chi connectivity index (χ2n) is 10.0. The predicted octanol–water partition coefficient (Wildman–Crippen LogP) is 2.85. The topological polar surface area (TPSA) is 105 Å². The number of thioether (sulfide) groups is 1. The highest BCUT2D eigenvalue weighted by molar-refractivity contribution is 7.99. The average molecular weight is 526 g/mol. The van der Waals surface area contributed by atoms with Crippen LogP contribution in [0.4, 0.5) is 4.39 Å². The largest absolute Gasteiger partial charge is 0.393 e. The molecule has 1 aromatic carbocycles. The molecule has 0 spiro atoms. The number of ether oxygens (including phenoxy) is 1. The summed E-state index contributed by atoms with van der Waals surface area (Å²) in [5.41, 5.74) is 4.26. The molecule has 0 bridgehead atoms. The summed E-state index contributed by atoms with van der Waals surface area (Å²) in [6.45, 7) is 3.54. The van der Waals surface area contributed by atoms with Gasteiger partial charge < -0.3 is 24.3 Å². The number of likely N-dealkylation sites (tertiary alicyclic amines) is 1. The molecule has 0 saturated carbocycles. The molecule has 37 heavy (non-hydrogen) atoms. The van der Waals surface area contributed by atoms with Crippen molar-refractivity contribution in [3.05, 3.63) is 56.1 Å². The highest BCUT2D eigenvalue weighted by atomic mass is 32.2. The SMILES string of the molecule is COCc1c(C(O)C=O)cc2n(c1=O)Cc1c-2nc2cc(F)c(C)c3c2c1C(N1CCC(O)CC1)CS3. The van der Waals surface area contributed by atoms with E-state index in [0.29, 0.717) is 48.1 Å². The maximum absolute atomic E-state index is 15.0. The zero-order valence-electron chi connectivity index (χ0n) is 20.7. The molecular formula is C27H28FN3O5S. The normalized spacial score (nSPS) is 20.2. The van der Waals surface area contributed by atoms with E-state index in [1.165, 1.54) is 13.2 Å². The van der Waals surface area contributed by atoms with Gasteiger partial charge in [-0.3, -0.25) is 9.69 Å². The van der Waals surface area contributed by atoms with Crippen molar-refractivity contribution >= 4 is 29.0 Å². The van der Waals surface area contributed by atoms with Gasteiger partial charge in [-0.1, -0.05) is 0 Å². The van der Waals surface area contributed by atoms with Gasteiger partial charge in [-0.15, -0.1) is 11.8 Å². The monoisotopic (exact) mass is 525 g/mol. The molecule has 0 radical (unpaired) electrons. The van der Waals surface area contributed by atoms with Crippen LogP contribution >= 0.6 is 11.8 Å². The molecule has 2 N–H and O–H groups in total. The van der Waals surface area contributed by atoms with Crippen LogP contribution in [0.3, 0.4) is 0 Å². The molecule has 8 nitrogen and oxygen atoms in total. The summed E-state index contributed by atoms with van der Waals surface area (Å²) >= 11 is 1.63. The van der Waals surface area contributed by atoms with Crippen molar-refractivity contribution in [1.29, 1.82) is 0 Å². The number of carbonyl (C=O) groups is 1. The molecule has 194 valence electrons. The zero-order valence-corrected chi connectivity index (χ0v) is 21.5. The third kappa shape index (κ3) is 3.77. The van der Waals surface area contributed by atoms with E-state index in [1.54, 1.807) is 29.3 Å². The van der Waals surface area contributed by atoms with Gasteiger partial charge in [0.1, 0.15) is 11.9 Å². The third-order valence-corrected chi connectivity index (χ3v) is 9.23. The van der Waals surface area contributed by atoms with Gasteiger partial charge in [-0.2, -0.15) is 0 Å². The second-order valence-corrected chi connectivity index (χ2v) is 11.1. The van der Waals surface area contributed by atoms with Crippen LogP contribution in [0.25, 0.3) is 22.3 Å². The highest BCUT2D eigenvalue weighted by Crippen LogP contribution is 2.49. The summed E-state index contributed by atoms with van der Waals surface area (Å²) in [5.74, 6) is 0.407. The zero-order chi connectivity index (χ0) is 26.0. The second kappa shape index (κ2) is 9.28. The number of piperidine rings is 1. The number of carbonyl (C=O) groups excluding carboxylic acids is 1. The molecule has 2 atom stereocenters. The molecule has 5 heterocycles. The maximum atomic E-state index is 15.0.